The Morgan fingerprint density at radius 2 is 0.761 bits per heavy atom. The van der Waals surface area contributed by atoms with Crippen LogP contribution in [0.1, 0.15) is 68.4 Å². The standard InChI is InChI=1S/C57H48N4.C26H26N2O2S/c1-43-16-13-25-55(40-43)59(46-19-7-4-8-20-46)52-34-28-49(29-35-52)58(50-30-36-53(37-31-50)60(47-21-9-5-10-22-47)56-26-14-17-44(2)41-56)51-32-38-54(39-33-51)61(48-23-11-6-12-24-48)57-27-15-18-45(3)42-57;1-25(2)9-11-28-12-10-26(3,4)20-21(28)17(25)14-15-13-16(24(29)30-22(15)20)23-27-18-7-5-6-8-19(18)31-23/h4-42H,1-3H3;5-8,13-14H,9-12H2,1-4H3. The maximum absolute atomic E-state index is 13.2. The second-order valence-electron chi connectivity index (χ2n) is 25.7. The van der Waals surface area contributed by atoms with Gasteiger partial charge in [-0.2, -0.15) is 0 Å². The number of hydrogen-bond donors (Lipinski definition) is 0. The number of aromatic nitrogens is 1. The van der Waals surface area contributed by atoms with E-state index in [1.807, 2.05) is 30.3 Å². The molecule has 0 N–H and O–H groups in total. The van der Waals surface area contributed by atoms with Gasteiger partial charge >= 0.3 is 5.63 Å². The zero-order valence-electron chi connectivity index (χ0n) is 53.2. The Morgan fingerprint density at radius 3 is 1.16 bits per heavy atom. The first-order valence-electron chi connectivity index (χ1n) is 31.9. The molecule has 0 radical (unpaired) electrons. The van der Waals surface area contributed by atoms with E-state index in [1.165, 1.54) is 33.5 Å². The van der Waals surface area contributed by atoms with E-state index >= 15 is 0 Å². The highest BCUT2D eigenvalue weighted by atomic mass is 32.1. The third kappa shape index (κ3) is 11.7. The summed E-state index contributed by atoms with van der Waals surface area (Å²) < 4.78 is 7.18. The Morgan fingerprint density at radius 1 is 0.402 bits per heavy atom. The monoisotopic (exact) mass is 1220 g/mol. The molecule has 0 atom stereocenters. The SMILES string of the molecule is CC1(C)CCN2CCC(C)(C)c3c2c1cc1cc(-c2nc4ccccc4s2)c(=O)oc31.Cc1cccc(N(c2ccccc2)c2ccc(N(c3ccc(N(c4ccccc4)c4cccc(C)c4)cc3)c3ccc(N(c4ccccc4)c4cccc(C)c4)cc3)cc2)c1. The number of thiazole rings is 1. The molecule has 0 aliphatic carbocycles. The molecule has 0 saturated heterocycles. The fourth-order valence-corrected chi connectivity index (χ4v) is 14.3. The van der Waals surface area contributed by atoms with Gasteiger partial charge in [0.25, 0.3) is 0 Å². The molecule has 2 aromatic heterocycles. The Hall–Kier alpha value is -10.5. The molecule has 0 bridgehead atoms. The molecule has 2 aliphatic rings. The van der Waals surface area contributed by atoms with Crippen LogP contribution in [0.2, 0.25) is 0 Å². The summed E-state index contributed by atoms with van der Waals surface area (Å²) in [6.45, 7) is 17.8. The molecule has 0 spiro atoms. The largest absolute Gasteiger partial charge is 0.422 e. The lowest BCUT2D eigenvalue weighted by atomic mass is 9.69. The predicted molar refractivity (Wildman–Crippen MR) is 388 cm³/mol. The average Bonchev–Trinajstić information content (AvgIpc) is 0.763. The zero-order valence-corrected chi connectivity index (χ0v) is 54.0. The summed E-state index contributed by atoms with van der Waals surface area (Å²) in [6, 6.07) is 96.8. The molecule has 8 nitrogen and oxygen atoms in total. The number of anilines is 13. The van der Waals surface area contributed by atoms with E-state index in [2.05, 4.69) is 316 Å². The lowest BCUT2D eigenvalue weighted by Gasteiger charge is -2.48. The van der Waals surface area contributed by atoms with Gasteiger partial charge < -0.3 is 28.9 Å². The fourth-order valence-electron chi connectivity index (χ4n) is 13.4. The van der Waals surface area contributed by atoms with Crippen LogP contribution in [0.4, 0.5) is 73.9 Å². The van der Waals surface area contributed by atoms with E-state index in [0.29, 0.717) is 5.56 Å². The number of rotatable bonds is 13. The number of aryl methyl sites for hydroxylation is 3. The van der Waals surface area contributed by atoms with Crippen molar-refractivity contribution >= 4 is 106 Å². The molecular formula is C83H74N6O2S. The van der Waals surface area contributed by atoms with Crippen molar-refractivity contribution in [3.63, 3.8) is 0 Å². The normalized spacial score (nSPS) is 13.6. The number of para-hydroxylation sites is 4. The third-order valence-electron chi connectivity index (χ3n) is 18.2. The third-order valence-corrected chi connectivity index (χ3v) is 19.2. The van der Waals surface area contributed by atoms with E-state index < -0.39 is 0 Å². The minimum Gasteiger partial charge on any atom is -0.422 e. The van der Waals surface area contributed by atoms with E-state index in [9.17, 15) is 4.79 Å². The summed E-state index contributed by atoms with van der Waals surface area (Å²) in [7, 11) is 0. The maximum atomic E-state index is 13.2. The molecule has 11 aromatic carbocycles. The van der Waals surface area contributed by atoms with Crippen molar-refractivity contribution in [1.29, 1.82) is 0 Å². The van der Waals surface area contributed by atoms with Gasteiger partial charge in [-0.3, -0.25) is 0 Å². The molecule has 0 fully saturated rings. The minimum absolute atomic E-state index is 0.0408. The Kier molecular flexibility index (Phi) is 15.9. The Bertz CT molecular complexity index is 4480. The van der Waals surface area contributed by atoms with E-state index in [4.69, 9.17) is 9.40 Å². The zero-order chi connectivity index (χ0) is 63.1. The van der Waals surface area contributed by atoms with Crippen molar-refractivity contribution < 1.29 is 4.42 Å². The van der Waals surface area contributed by atoms with E-state index in [1.54, 1.807) is 11.3 Å². The van der Waals surface area contributed by atoms with E-state index in [0.717, 1.165) is 120 Å². The van der Waals surface area contributed by atoms with Crippen LogP contribution in [0.3, 0.4) is 0 Å². The summed E-state index contributed by atoms with van der Waals surface area (Å²) in [5.74, 6) is 0. The average molecular weight is 1220 g/mol. The predicted octanol–water partition coefficient (Wildman–Crippen LogP) is 22.7. The van der Waals surface area contributed by atoms with Crippen molar-refractivity contribution in [1.82, 2.24) is 4.98 Å². The van der Waals surface area contributed by atoms with E-state index in [-0.39, 0.29) is 16.5 Å². The van der Waals surface area contributed by atoms with Gasteiger partial charge in [0.15, 0.2) is 0 Å². The van der Waals surface area contributed by atoms with Gasteiger partial charge in [-0.05, 0) is 237 Å². The Labute approximate surface area is 544 Å². The van der Waals surface area contributed by atoms with Crippen molar-refractivity contribution in [2.24, 2.45) is 0 Å². The van der Waals surface area contributed by atoms with Crippen LogP contribution in [0.5, 0.6) is 0 Å². The molecule has 0 unspecified atom stereocenters. The van der Waals surface area contributed by atoms with Gasteiger partial charge in [-0.15, -0.1) is 11.3 Å². The topological polar surface area (TPSA) is 59.3 Å². The molecule has 4 heterocycles. The molecule has 454 valence electrons. The highest BCUT2D eigenvalue weighted by Gasteiger charge is 2.42. The molecular weight excluding hydrogens is 1150 g/mol. The lowest BCUT2D eigenvalue weighted by molar-refractivity contribution is 0.398. The second kappa shape index (κ2) is 24.7. The highest BCUT2D eigenvalue weighted by Crippen LogP contribution is 2.52. The van der Waals surface area contributed by atoms with Crippen molar-refractivity contribution in [2.45, 2.75) is 72.1 Å². The Balaban J connectivity index is 0.000000197. The smallest absolute Gasteiger partial charge is 0.346 e. The van der Waals surface area contributed by atoms with Crippen molar-refractivity contribution in [3.8, 4) is 10.6 Å². The first-order chi connectivity index (χ1) is 44.7. The fraction of sp³-hybridized carbons (Fsp3) is 0.157. The molecule has 15 rings (SSSR count). The summed E-state index contributed by atoms with van der Waals surface area (Å²) in [5, 5.41) is 1.73. The van der Waals surface area contributed by atoms with Gasteiger partial charge in [-0.1, -0.05) is 131 Å². The van der Waals surface area contributed by atoms with Gasteiger partial charge in [-0.25, -0.2) is 9.78 Å². The summed E-state index contributed by atoms with van der Waals surface area (Å²) in [6.07, 6.45) is 2.19. The number of hydrogen-bond acceptors (Lipinski definition) is 9. The molecule has 13 aromatic rings. The molecule has 0 amide bonds. The van der Waals surface area contributed by atoms with Gasteiger partial charge in [0.1, 0.15) is 10.6 Å². The first-order valence-corrected chi connectivity index (χ1v) is 32.7. The minimum atomic E-state index is -0.300. The first kappa shape index (κ1) is 59.2. The van der Waals surface area contributed by atoms with Gasteiger partial charge in [0.05, 0.1) is 15.8 Å². The maximum Gasteiger partial charge on any atom is 0.346 e. The summed E-state index contributed by atoms with van der Waals surface area (Å²) in [5.41, 5.74) is 22.6. The van der Waals surface area contributed by atoms with Crippen LogP contribution in [-0.2, 0) is 10.8 Å². The van der Waals surface area contributed by atoms with Crippen molar-refractivity contribution in [3.05, 3.63) is 311 Å². The molecule has 0 saturated carbocycles. The van der Waals surface area contributed by atoms with Crippen LogP contribution >= 0.6 is 11.3 Å². The molecule has 92 heavy (non-hydrogen) atoms. The summed E-state index contributed by atoms with van der Waals surface area (Å²) >= 11 is 1.54. The van der Waals surface area contributed by atoms with Crippen LogP contribution in [0, 0.1) is 20.8 Å². The quantitative estimate of drug-likeness (QED) is 0.106. The highest BCUT2D eigenvalue weighted by molar-refractivity contribution is 7.21. The molecule has 9 heteroatoms. The second-order valence-corrected chi connectivity index (χ2v) is 26.7. The number of nitrogens with zero attached hydrogens (tertiary/aromatic N) is 6. The van der Waals surface area contributed by atoms with Gasteiger partial charge in [0.2, 0.25) is 0 Å². The van der Waals surface area contributed by atoms with Crippen LogP contribution in [-0.4, -0.2) is 18.1 Å². The van der Waals surface area contributed by atoms with Crippen LogP contribution < -0.4 is 30.1 Å². The number of benzene rings is 11. The number of fused-ring (bicyclic) bond motifs is 3. The van der Waals surface area contributed by atoms with Crippen LogP contribution in [0.25, 0.3) is 31.8 Å². The summed E-state index contributed by atoms with van der Waals surface area (Å²) in [4.78, 5) is 29.7. The van der Waals surface area contributed by atoms with Crippen LogP contribution in [0.15, 0.2) is 282 Å². The lowest BCUT2D eigenvalue weighted by Crippen LogP contribution is -2.44. The van der Waals surface area contributed by atoms with Gasteiger partial charge in [0, 0.05) is 98.0 Å². The van der Waals surface area contributed by atoms with Crippen molar-refractivity contribution in [2.75, 3.05) is 37.6 Å². The molecule has 2 aliphatic heterocycles.